The molecule has 4 nitrogen and oxygen atoms in total. The van der Waals surface area contributed by atoms with E-state index < -0.39 is 10.1 Å². The number of unbranched alkanes of at least 4 members (excludes halogenated alkanes) is 8. The van der Waals surface area contributed by atoms with Gasteiger partial charge in [0.05, 0.1) is 0 Å². The van der Waals surface area contributed by atoms with Gasteiger partial charge in [-0.15, -0.1) is 0 Å². The van der Waals surface area contributed by atoms with Crippen LogP contribution in [0.25, 0.3) is 10.8 Å². The highest BCUT2D eigenvalue weighted by Crippen LogP contribution is 2.34. The maximum atomic E-state index is 11.7. The molecule has 144 valence electrons. The second-order valence-electron chi connectivity index (χ2n) is 6.98. The minimum atomic E-state index is -4.33. The van der Waals surface area contributed by atoms with Gasteiger partial charge in [0.1, 0.15) is 10.6 Å². The van der Waals surface area contributed by atoms with Crippen LogP contribution >= 0.6 is 0 Å². The molecule has 0 saturated heterocycles. The molecule has 0 saturated carbocycles. The van der Waals surface area contributed by atoms with Gasteiger partial charge in [0.15, 0.2) is 0 Å². The van der Waals surface area contributed by atoms with Gasteiger partial charge in [-0.2, -0.15) is 8.42 Å². The first-order valence-electron chi connectivity index (χ1n) is 9.66. The highest BCUT2D eigenvalue weighted by molar-refractivity contribution is 7.86. The van der Waals surface area contributed by atoms with Gasteiger partial charge in [-0.25, -0.2) is 0 Å². The van der Waals surface area contributed by atoms with Crippen molar-refractivity contribution in [3.63, 3.8) is 0 Å². The lowest BCUT2D eigenvalue weighted by atomic mass is 10.00. The van der Waals surface area contributed by atoms with Gasteiger partial charge in [-0.1, -0.05) is 82.6 Å². The van der Waals surface area contributed by atoms with Crippen molar-refractivity contribution in [3.8, 4) is 5.75 Å². The molecule has 0 unspecified atom stereocenters. The van der Waals surface area contributed by atoms with Crippen molar-refractivity contribution in [1.29, 1.82) is 0 Å². The highest BCUT2D eigenvalue weighted by Gasteiger charge is 2.18. The fourth-order valence-corrected chi connectivity index (χ4v) is 4.16. The van der Waals surface area contributed by atoms with Crippen molar-refractivity contribution < 1.29 is 18.1 Å². The Bertz CT molecular complexity index is 812. The fourth-order valence-electron chi connectivity index (χ4n) is 3.41. The van der Waals surface area contributed by atoms with E-state index >= 15 is 0 Å². The SMILES string of the molecule is CCCCCCCCCCCc1cc(S(=O)(=O)O)c2ccccc2c1O. The molecule has 0 amide bonds. The molecule has 26 heavy (non-hydrogen) atoms. The Kier molecular flexibility index (Phi) is 7.91. The van der Waals surface area contributed by atoms with Gasteiger partial charge in [0.25, 0.3) is 10.1 Å². The molecule has 2 aromatic carbocycles. The predicted molar refractivity (Wildman–Crippen MR) is 106 cm³/mol. The first kappa shape index (κ1) is 20.7. The minimum Gasteiger partial charge on any atom is -0.507 e. The lowest BCUT2D eigenvalue weighted by molar-refractivity contribution is 0.470. The zero-order chi connectivity index (χ0) is 19.0. The van der Waals surface area contributed by atoms with Crippen LogP contribution in [-0.2, 0) is 16.5 Å². The third kappa shape index (κ3) is 5.71. The summed E-state index contributed by atoms with van der Waals surface area (Å²) < 4.78 is 32.9. The van der Waals surface area contributed by atoms with Crippen LogP contribution in [0.5, 0.6) is 5.75 Å². The summed E-state index contributed by atoms with van der Waals surface area (Å²) in [6.45, 7) is 2.22. The van der Waals surface area contributed by atoms with Crippen LogP contribution < -0.4 is 0 Å². The summed E-state index contributed by atoms with van der Waals surface area (Å²) >= 11 is 0. The van der Waals surface area contributed by atoms with Gasteiger partial charge < -0.3 is 5.11 Å². The van der Waals surface area contributed by atoms with Crippen molar-refractivity contribution in [3.05, 3.63) is 35.9 Å². The molecule has 0 spiro atoms. The fraction of sp³-hybridized carbons (Fsp3) is 0.524. The topological polar surface area (TPSA) is 74.6 Å². The van der Waals surface area contributed by atoms with Crippen LogP contribution in [-0.4, -0.2) is 18.1 Å². The van der Waals surface area contributed by atoms with Crippen molar-refractivity contribution >= 4 is 20.9 Å². The summed E-state index contributed by atoms with van der Waals surface area (Å²) in [5.41, 5.74) is 0.583. The molecule has 0 radical (unpaired) electrons. The lowest BCUT2D eigenvalue weighted by Gasteiger charge is -2.11. The Morgan fingerprint density at radius 2 is 1.38 bits per heavy atom. The van der Waals surface area contributed by atoms with Crippen molar-refractivity contribution in [1.82, 2.24) is 0 Å². The molecule has 0 atom stereocenters. The number of fused-ring (bicyclic) bond motifs is 1. The van der Waals surface area contributed by atoms with Crippen LogP contribution in [0.2, 0.25) is 0 Å². The number of hydrogen-bond acceptors (Lipinski definition) is 3. The van der Waals surface area contributed by atoms with E-state index in [1.54, 1.807) is 24.3 Å². The average Bonchev–Trinajstić information content (AvgIpc) is 2.61. The molecule has 2 aromatic rings. The Hall–Kier alpha value is -1.59. The van der Waals surface area contributed by atoms with E-state index in [0.29, 0.717) is 22.8 Å². The number of benzene rings is 2. The third-order valence-electron chi connectivity index (χ3n) is 4.88. The summed E-state index contributed by atoms with van der Waals surface area (Å²) in [4.78, 5) is -0.128. The molecular weight excluding hydrogens is 348 g/mol. The zero-order valence-corrected chi connectivity index (χ0v) is 16.4. The molecule has 0 fully saturated rings. The number of rotatable bonds is 11. The van der Waals surface area contributed by atoms with E-state index in [9.17, 15) is 18.1 Å². The standard InChI is InChI=1S/C21H30O4S/c1-2-3-4-5-6-7-8-9-10-13-17-16-20(26(23,24)25)18-14-11-12-15-19(18)21(17)22/h11-12,14-16,22H,2-10,13H2,1H3,(H,23,24,25). The predicted octanol–water partition coefficient (Wildman–Crippen LogP) is 5.87. The summed E-state index contributed by atoms with van der Waals surface area (Å²) in [6.07, 6.45) is 11.4. The van der Waals surface area contributed by atoms with E-state index in [1.165, 1.54) is 44.6 Å². The number of phenols is 1. The summed E-state index contributed by atoms with van der Waals surface area (Å²) in [7, 11) is -4.33. The van der Waals surface area contributed by atoms with Gasteiger partial charge >= 0.3 is 0 Å². The number of phenolic OH excluding ortho intramolecular Hbond substituents is 1. The smallest absolute Gasteiger partial charge is 0.295 e. The maximum absolute atomic E-state index is 11.7. The highest BCUT2D eigenvalue weighted by atomic mass is 32.2. The van der Waals surface area contributed by atoms with Crippen LogP contribution in [0.15, 0.2) is 35.2 Å². The van der Waals surface area contributed by atoms with Crippen LogP contribution in [0.1, 0.15) is 70.3 Å². The molecule has 0 aromatic heterocycles. The largest absolute Gasteiger partial charge is 0.507 e. The molecule has 0 aliphatic carbocycles. The van der Waals surface area contributed by atoms with Crippen molar-refractivity contribution in [2.75, 3.05) is 0 Å². The van der Waals surface area contributed by atoms with Crippen LogP contribution in [0.4, 0.5) is 0 Å². The Morgan fingerprint density at radius 3 is 1.96 bits per heavy atom. The Balaban J connectivity index is 1.96. The second-order valence-corrected chi connectivity index (χ2v) is 8.37. The van der Waals surface area contributed by atoms with Gasteiger partial charge in [0.2, 0.25) is 0 Å². The van der Waals surface area contributed by atoms with E-state index in [4.69, 9.17) is 0 Å². The summed E-state index contributed by atoms with van der Waals surface area (Å²) in [6, 6.07) is 8.13. The first-order valence-corrected chi connectivity index (χ1v) is 11.1. The van der Waals surface area contributed by atoms with E-state index in [2.05, 4.69) is 6.92 Å². The van der Waals surface area contributed by atoms with E-state index in [1.807, 2.05) is 0 Å². The zero-order valence-electron chi connectivity index (χ0n) is 15.6. The monoisotopic (exact) mass is 378 g/mol. The Labute approximate surface area is 157 Å². The summed E-state index contributed by atoms with van der Waals surface area (Å²) in [5, 5.41) is 11.3. The minimum absolute atomic E-state index is 0.118. The number of aryl methyl sites for hydroxylation is 1. The van der Waals surface area contributed by atoms with Crippen LogP contribution in [0, 0.1) is 0 Å². The maximum Gasteiger partial charge on any atom is 0.295 e. The quantitative estimate of drug-likeness (QED) is 0.379. The average molecular weight is 379 g/mol. The third-order valence-corrected chi connectivity index (χ3v) is 5.78. The molecule has 5 heteroatoms. The van der Waals surface area contributed by atoms with Gasteiger partial charge in [-0.3, -0.25) is 4.55 Å². The molecule has 0 bridgehead atoms. The van der Waals surface area contributed by atoms with Crippen molar-refractivity contribution in [2.45, 2.75) is 76.0 Å². The molecule has 0 aliphatic heterocycles. The molecule has 0 aliphatic rings. The van der Waals surface area contributed by atoms with Crippen LogP contribution in [0.3, 0.4) is 0 Å². The number of aromatic hydroxyl groups is 1. The molecule has 2 rings (SSSR count). The van der Waals surface area contributed by atoms with Gasteiger partial charge in [0, 0.05) is 10.8 Å². The molecule has 0 heterocycles. The number of hydrogen-bond donors (Lipinski definition) is 2. The Morgan fingerprint density at radius 1 is 0.846 bits per heavy atom. The lowest BCUT2D eigenvalue weighted by Crippen LogP contribution is -2.01. The molecule has 2 N–H and O–H groups in total. The van der Waals surface area contributed by atoms with Gasteiger partial charge in [-0.05, 0) is 24.5 Å². The normalized spacial score (nSPS) is 11.9. The first-order chi connectivity index (χ1) is 12.4. The van der Waals surface area contributed by atoms with Crippen molar-refractivity contribution in [2.24, 2.45) is 0 Å². The molecular formula is C21H30O4S. The summed E-state index contributed by atoms with van der Waals surface area (Å²) in [5.74, 6) is 0.118. The second kappa shape index (κ2) is 9.93. The van der Waals surface area contributed by atoms with E-state index in [-0.39, 0.29) is 10.6 Å². The van der Waals surface area contributed by atoms with E-state index in [0.717, 1.165) is 19.3 Å².